The molecule has 1 saturated heterocycles. The van der Waals surface area contributed by atoms with Crippen molar-refractivity contribution in [3.8, 4) is 0 Å². The highest BCUT2D eigenvalue weighted by Gasteiger charge is 2.55. The van der Waals surface area contributed by atoms with Gasteiger partial charge in [-0.3, -0.25) is 9.69 Å². The van der Waals surface area contributed by atoms with E-state index >= 15 is 0 Å². The molecule has 2 N–H and O–H groups in total. The Kier molecular flexibility index (Phi) is 5.16. The number of nitrogens with one attached hydrogen (secondary N) is 1. The second kappa shape index (κ2) is 7.34. The zero-order valence-corrected chi connectivity index (χ0v) is 15.8. The van der Waals surface area contributed by atoms with Gasteiger partial charge < -0.3 is 10.4 Å². The second-order valence-corrected chi connectivity index (χ2v) is 8.76. The molecule has 154 valence electrons. The predicted octanol–water partition coefficient (Wildman–Crippen LogP) is 3.31. The zero-order chi connectivity index (χ0) is 19.9. The first-order valence-corrected chi connectivity index (χ1v) is 10.2. The molecule has 4 rings (SSSR count). The molecule has 7 heteroatoms. The van der Waals surface area contributed by atoms with Crippen molar-refractivity contribution in [3.05, 3.63) is 35.4 Å². The molecule has 1 aromatic carbocycles. The highest BCUT2D eigenvalue weighted by molar-refractivity contribution is 5.94. The van der Waals surface area contributed by atoms with Crippen molar-refractivity contribution in [3.63, 3.8) is 0 Å². The first-order valence-electron chi connectivity index (χ1n) is 10.2. The highest BCUT2D eigenvalue weighted by Crippen LogP contribution is 2.51. The first kappa shape index (κ1) is 19.7. The van der Waals surface area contributed by atoms with Gasteiger partial charge in [-0.1, -0.05) is 25.3 Å². The molecule has 0 radical (unpaired) electrons. The van der Waals surface area contributed by atoms with Gasteiger partial charge in [0.15, 0.2) is 0 Å². The molecule has 0 bridgehead atoms. The number of alkyl halides is 3. The monoisotopic (exact) mass is 396 g/mol. The minimum atomic E-state index is -4.45. The first-order chi connectivity index (χ1) is 13.3. The number of hydrogen-bond donors (Lipinski definition) is 2. The molecular weight excluding hydrogens is 369 g/mol. The number of aliphatic hydroxyl groups is 1. The van der Waals surface area contributed by atoms with E-state index in [9.17, 15) is 23.1 Å². The molecule has 2 atom stereocenters. The van der Waals surface area contributed by atoms with E-state index in [2.05, 4.69) is 10.2 Å². The maximum Gasteiger partial charge on any atom is 0.416 e. The number of hydrogen-bond acceptors (Lipinski definition) is 3. The van der Waals surface area contributed by atoms with Crippen LogP contribution in [0, 0.1) is 17.8 Å². The Morgan fingerprint density at radius 1 is 1.18 bits per heavy atom. The van der Waals surface area contributed by atoms with Crippen LogP contribution in [0.3, 0.4) is 0 Å². The molecule has 1 amide bonds. The van der Waals surface area contributed by atoms with Crippen LogP contribution in [-0.4, -0.2) is 47.7 Å². The number of fused-ring (bicyclic) bond motifs is 1. The molecule has 28 heavy (non-hydrogen) atoms. The number of benzene rings is 1. The van der Waals surface area contributed by atoms with Gasteiger partial charge in [0.25, 0.3) is 5.91 Å². The van der Waals surface area contributed by atoms with E-state index in [0.717, 1.165) is 57.5 Å². The number of likely N-dealkylation sites (tertiary alicyclic amines) is 1. The van der Waals surface area contributed by atoms with Crippen LogP contribution in [0.5, 0.6) is 0 Å². The molecule has 2 aliphatic carbocycles. The minimum Gasteiger partial charge on any atom is -0.389 e. The van der Waals surface area contributed by atoms with Crippen LogP contribution < -0.4 is 5.32 Å². The van der Waals surface area contributed by atoms with Crippen molar-refractivity contribution in [2.75, 3.05) is 26.2 Å². The van der Waals surface area contributed by atoms with Gasteiger partial charge in [-0.2, -0.15) is 13.2 Å². The van der Waals surface area contributed by atoms with E-state index < -0.39 is 23.2 Å². The SMILES string of the molecule is O=C(NCC1C2CN(CC3(O)CCCCC3)CC12)c1cccc(C(F)(F)F)c1. The maximum absolute atomic E-state index is 12.8. The van der Waals surface area contributed by atoms with Crippen molar-refractivity contribution in [2.45, 2.75) is 43.9 Å². The smallest absolute Gasteiger partial charge is 0.389 e. The highest BCUT2D eigenvalue weighted by atomic mass is 19.4. The largest absolute Gasteiger partial charge is 0.416 e. The van der Waals surface area contributed by atoms with Crippen molar-refractivity contribution in [1.82, 2.24) is 10.2 Å². The van der Waals surface area contributed by atoms with Crippen LogP contribution in [0.25, 0.3) is 0 Å². The van der Waals surface area contributed by atoms with Crippen LogP contribution in [0.1, 0.15) is 48.0 Å². The lowest BCUT2D eigenvalue weighted by molar-refractivity contribution is -0.137. The number of amides is 1. The maximum atomic E-state index is 12.8. The van der Waals surface area contributed by atoms with Gasteiger partial charge in [0.05, 0.1) is 11.2 Å². The normalized spacial score (nSPS) is 29.4. The summed E-state index contributed by atoms with van der Waals surface area (Å²) in [6.07, 6.45) is 0.726. The summed E-state index contributed by atoms with van der Waals surface area (Å²) in [5.74, 6) is 0.986. The summed E-state index contributed by atoms with van der Waals surface area (Å²) in [7, 11) is 0. The number of β-amino-alcohol motifs (C(OH)–C–C–N with tert-alkyl or cyclic N) is 1. The van der Waals surface area contributed by atoms with Gasteiger partial charge in [-0.05, 0) is 48.8 Å². The number of piperidine rings is 1. The molecule has 4 nitrogen and oxygen atoms in total. The summed E-state index contributed by atoms with van der Waals surface area (Å²) in [6, 6.07) is 4.54. The number of halogens is 3. The van der Waals surface area contributed by atoms with Gasteiger partial charge in [-0.25, -0.2) is 0 Å². The van der Waals surface area contributed by atoms with Crippen LogP contribution >= 0.6 is 0 Å². The lowest BCUT2D eigenvalue weighted by Gasteiger charge is -2.36. The Morgan fingerprint density at radius 2 is 1.86 bits per heavy atom. The summed E-state index contributed by atoms with van der Waals surface area (Å²) < 4.78 is 38.4. The lowest BCUT2D eigenvalue weighted by atomic mass is 9.84. The average Bonchev–Trinajstić information content (AvgIpc) is 3.11. The molecule has 2 saturated carbocycles. The van der Waals surface area contributed by atoms with Crippen molar-refractivity contribution in [1.29, 1.82) is 0 Å². The summed E-state index contributed by atoms with van der Waals surface area (Å²) in [5.41, 5.74) is -1.30. The molecule has 1 aromatic rings. The summed E-state index contributed by atoms with van der Waals surface area (Å²) in [5, 5.41) is 13.5. The average molecular weight is 396 g/mol. The van der Waals surface area contributed by atoms with E-state index in [4.69, 9.17) is 0 Å². The predicted molar refractivity (Wildman–Crippen MR) is 98.7 cm³/mol. The van der Waals surface area contributed by atoms with Crippen molar-refractivity contribution in [2.24, 2.45) is 17.8 Å². The number of carbonyl (C=O) groups excluding carboxylic acids is 1. The topological polar surface area (TPSA) is 52.6 Å². The zero-order valence-electron chi connectivity index (χ0n) is 15.8. The molecule has 1 heterocycles. The Balaban J connectivity index is 1.23. The summed E-state index contributed by atoms with van der Waals surface area (Å²) in [4.78, 5) is 14.6. The van der Waals surface area contributed by atoms with Gasteiger partial charge in [0, 0.05) is 31.7 Å². The Morgan fingerprint density at radius 3 is 2.50 bits per heavy atom. The lowest BCUT2D eigenvalue weighted by Crippen LogP contribution is -2.44. The fourth-order valence-electron chi connectivity index (χ4n) is 5.10. The standard InChI is InChI=1S/C21H27F3N2O2/c22-21(23,24)15-6-4-5-14(9-15)19(27)25-10-16-17-11-26(12-18(16)17)13-20(28)7-2-1-3-8-20/h4-6,9,16-18,28H,1-3,7-8,10-13H2,(H,25,27). The van der Waals surface area contributed by atoms with E-state index in [1.165, 1.54) is 18.6 Å². The van der Waals surface area contributed by atoms with Crippen LogP contribution in [0.2, 0.25) is 0 Å². The molecule has 1 aliphatic heterocycles. The van der Waals surface area contributed by atoms with Crippen molar-refractivity contribution < 1.29 is 23.1 Å². The molecule has 0 spiro atoms. The van der Waals surface area contributed by atoms with Crippen LogP contribution in [0.15, 0.2) is 24.3 Å². The Labute approximate surface area is 163 Å². The van der Waals surface area contributed by atoms with Gasteiger partial charge >= 0.3 is 6.18 Å². The minimum absolute atomic E-state index is 0.0433. The quantitative estimate of drug-likeness (QED) is 0.803. The van der Waals surface area contributed by atoms with Crippen LogP contribution in [-0.2, 0) is 6.18 Å². The fourth-order valence-corrected chi connectivity index (χ4v) is 5.10. The van der Waals surface area contributed by atoms with Gasteiger partial charge in [0.2, 0.25) is 0 Å². The van der Waals surface area contributed by atoms with E-state index in [0.29, 0.717) is 24.3 Å². The Hall–Kier alpha value is -1.60. The number of rotatable bonds is 5. The van der Waals surface area contributed by atoms with Crippen LogP contribution in [0.4, 0.5) is 13.2 Å². The van der Waals surface area contributed by atoms with Crippen molar-refractivity contribution >= 4 is 5.91 Å². The molecule has 0 aromatic heterocycles. The summed E-state index contributed by atoms with van der Waals surface area (Å²) in [6.45, 7) is 3.12. The molecule has 2 unspecified atom stereocenters. The number of nitrogens with zero attached hydrogens (tertiary/aromatic N) is 1. The third-order valence-corrected chi connectivity index (χ3v) is 6.70. The fraction of sp³-hybridized carbons (Fsp3) is 0.667. The van der Waals surface area contributed by atoms with Gasteiger partial charge in [0.1, 0.15) is 0 Å². The molecule has 3 fully saturated rings. The summed E-state index contributed by atoms with van der Waals surface area (Å²) >= 11 is 0. The third-order valence-electron chi connectivity index (χ3n) is 6.70. The third kappa shape index (κ3) is 4.20. The Bertz CT molecular complexity index is 719. The van der Waals surface area contributed by atoms with E-state index in [1.54, 1.807) is 0 Å². The second-order valence-electron chi connectivity index (χ2n) is 8.76. The number of carbonyl (C=O) groups is 1. The van der Waals surface area contributed by atoms with E-state index in [1.807, 2.05) is 0 Å². The molecular formula is C21H27F3N2O2. The van der Waals surface area contributed by atoms with E-state index in [-0.39, 0.29) is 5.56 Å². The van der Waals surface area contributed by atoms with Gasteiger partial charge in [-0.15, -0.1) is 0 Å². The molecule has 3 aliphatic rings.